The number of carbonyl (C=O) groups excluding carboxylic acids is 1. The molecule has 3 aromatic rings. The topological polar surface area (TPSA) is 32.9 Å². The normalized spacial score (nSPS) is 11.9. The van der Waals surface area contributed by atoms with E-state index in [4.69, 9.17) is 11.6 Å². The van der Waals surface area contributed by atoms with Crippen LogP contribution in [0.2, 0.25) is 5.02 Å². The zero-order valence-electron chi connectivity index (χ0n) is 12.0. The van der Waals surface area contributed by atoms with Crippen LogP contribution in [0.1, 0.15) is 21.5 Å². The number of benzene rings is 2. The van der Waals surface area contributed by atoms with Crippen LogP contribution in [0.25, 0.3) is 22.2 Å². The maximum Gasteiger partial charge on any atom is 0.417 e. The Bertz CT molecular complexity index is 912. The van der Waals surface area contributed by atoms with E-state index in [0.717, 1.165) is 11.6 Å². The highest BCUT2D eigenvalue weighted by Gasteiger charge is 2.34. The molecule has 2 nitrogen and oxygen atoms in total. The predicted octanol–water partition coefficient (Wildman–Crippen LogP) is 5.63. The van der Waals surface area contributed by atoms with Crippen LogP contribution < -0.4 is 0 Å². The number of alkyl halides is 3. The first-order valence-electron chi connectivity index (χ1n) is 6.76. The van der Waals surface area contributed by atoms with Gasteiger partial charge in [-0.15, -0.1) is 0 Å². The monoisotopic (exact) mass is 337 g/mol. The third-order valence-corrected chi connectivity index (χ3v) is 3.95. The molecule has 6 heteroatoms. The number of nitrogens with one attached hydrogen (secondary N) is 1. The van der Waals surface area contributed by atoms with Gasteiger partial charge in [-0.2, -0.15) is 13.2 Å². The van der Waals surface area contributed by atoms with E-state index in [2.05, 4.69) is 4.98 Å². The van der Waals surface area contributed by atoms with Gasteiger partial charge in [0.15, 0.2) is 6.29 Å². The van der Waals surface area contributed by atoms with Gasteiger partial charge in [0.2, 0.25) is 0 Å². The number of halogens is 4. The Kier molecular flexibility index (Phi) is 3.68. The Labute approximate surface area is 134 Å². The third-order valence-electron chi connectivity index (χ3n) is 3.73. The lowest BCUT2D eigenvalue weighted by Crippen LogP contribution is -2.07. The lowest BCUT2D eigenvalue weighted by Gasteiger charge is -2.12. The molecule has 1 aromatic heterocycles. The molecule has 1 heterocycles. The second-order valence-corrected chi connectivity index (χ2v) is 5.66. The number of aryl methyl sites for hydroxylation is 1. The molecule has 0 unspecified atom stereocenters. The summed E-state index contributed by atoms with van der Waals surface area (Å²) in [7, 11) is 0. The molecule has 0 atom stereocenters. The molecule has 0 aliphatic carbocycles. The van der Waals surface area contributed by atoms with Crippen LogP contribution in [-0.2, 0) is 6.18 Å². The molecular weight excluding hydrogens is 327 g/mol. The molecule has 0 aliphatic rings. The second kappa shape index (κ2) is 5.42. The summed E-state index contributed by atoms with van der Waals surface area (Å²) in [6, 6.07) is 8.42. The van der Waals surface area contributed by atoms with Gasteiger partial charge in [-0.05, 0) is 30.7 Å². The van der Waals surface area contributed by atoms with Crippen molar-refractivity contribution in [2.24, 2.45) is 0 Å². The summed E-state index contributed by atoms with van der Waals surface area (Å²) in [4.78, 5) is 14.5. The minimum absolute atomic E-state index is 0.0613. The summed E-state index contributed by atoms with van der Waals surface area (Å²) in [6.45, 7) is 1.78. The number of aromatic nitrogens is 1. The zero-order chi connectivity index (χ0) is 16.8. The molecule has 0 saturated heterocycles. The molecule has 0 fully saturated rings. The van der Waals surface area contributed by atoms with E-state index in [1.807, 2.05) is 0 Å². The molecule has 0 spiro atoms. The van der Waals surface area contributed by atoms with Crippen LogP contribution in [0.4, 0.5) is 13.2 Å². The molecule has 23 heavy (non-hydrogen) atoms. The van der Waals surface area contributed by atoms with Crippen LogP contribution in [0.5, 0.6) is 0 Å². The Balaban J connectivity index is 2.39. The second-order valence-electron chi connectivity index (χ2n) is 5.22. The first-order chi connectivity index (χ1) is 10.8. The van der Waals surface area contributed by atoms with Gasteiger partial charge in [0.05, 0.1) is 11.3 Å². The summed E-state index contributed by atoms with van der Waals surface area (Å²) in [5, 5.41) is 0.935. The average molecular weight is 338 g/mol. The van der Waals surface area contributed by atoms with Crippen LogP contribution in [0.15, 0.2) is 36.4 Å². The fourth-order valence-electron chi connectivity index (χ4n) is 2.73. The molecule has 0 bridgehead atoms. The highest BCUT2D eigenvalue weighted by atomic mass is 35.5. The predicted molar refractivity (Wildman–Crippen MR) is 83.9 cm³/mol. The van der Waals surface area contributed by atoms with Gasteiger partial charge in [-0.25, -0.2) is 0 Å². The van der Waals surface area contributed by atoms with Gasteiger partial charge < -0.3 is 4.98 Å². The fourth-order valence-corrected chi connectivity index (χ4v) is 3.00. The van der Waals surface area contributed by atoms with E-state index in [0.29, 0.717) is 22.2 Å². The standard InChI is InChI=1S/C17H11ClF3NO/c1-9-6-10(18)7-12-13(8-23)16(22-15(9)12)11-4-2-3-5-14(11)17(19,20)21/h2-8,22H,1H3. The lowest BCUT2D eigenvalue weighted by molar-refractivity contribution is -0.137. The molecule has 1 N–H and O–H groups in total. The number of aromatic amines is 1. The van der Waals surface area contributed by atoms with Gasteiger partial charge >= 0.3 is 6.18 Å². The number of hydrogen-bond acceptors (Lipinski definition) is 1. The van der Waals surface area contributed by atoms with E-state index >= 15 is 0 Å². The van der Waals surface area contributed by atoms with E-state index in [-0.39, 0.29) is 16.8 Å². The van der Waals surface area contributed by atoms with Crippen molar-refractivity contribution in [2.45, 2.75) is 13.1 Å². The third kappa shape index (κ3) is 2.61. The summed E-state index contributed by atoms with van der Waals surface area (Å²) >= 11 is 6.00. The quantitative estimate of drug-likeness (QED) is 0.604. The van der Waals surface area contributed by atoms with Gasteiger partial charge in [0.25, 0.3) is 0 Å². The van der Waals surface area contributed by atoms with Crippen molar-refractivity contribution in [1.29, 1.82) is 0 Å². The molecule has 2 aromatic carbocycles. The molecule has 0 amide bonds. The summed E-state index contributed by atoms with van der Waals surface area (Å²) in [5.41, 5.74) is 0.817. The summed E-state index contributed by atoms with van der Waals surface area (Å²) in [6.07, 6.45) is -3.96. The number of carbonyl (C=O) groups is 1. The SMILES string of the molecule is Cc1cc(Cl)cc2c(C=O)c(-c3ccccc3C(F)(F)F)[nH]c12. The van der Waals surface area contributed by atoms with Crippen LogP contribution in [-0.4, -0.2) is 11.3 Å². The Morgan fingerprint density at radius 2 is 1.87 bits per heavy atom. The average Bonchev–Trinajstić information content (AvgIpc) is 2.85. The zero-order valence-corrected chi connectivity index (χ0v) is 12.7. The van der Waals surface area contributed by atoms with Crippen molar-refractivity contribution in [3.63, 3.8) is 0 Å². The summed E-state index contributed by atoms with van der Waals surface area (Å²) < 4.78 is 39.7. The highest BCUT2D eigenvalue weighted by Crippen LogP contribution is 2.40. The highest BCUT2D eigenvalue weighted by molar-refractivity contribution is 6.31. The number of aldehydes is 1. The minimum Gasteiger partial charge on any atom is -0.354 e. The maximum atomic E-state index is 13.2. The first kappa shape index (κ1) is 15.6. The maximum absolute atomic E-state index is 13.2. The van der Waals surface area contributed by atoms with Crippen molar-refractivity contribution < 1.29 is 18.0 Å². The number of rotatable bonds is 2. The van der Waals surface area contributed by atoms with Crippen molar-refractivity contribution in [3.05, 3.63) is 58.1 Å². The molecular formula is C17H11ClF3NO. The van der Waals surface area contributed by atoms with Gasteiger partial charge in [-0.1, -0.05) is 29.8 Å². The largest absolute Gasteiger partial charge is 0.417 e. The molecule has 3 rings (SSSR count). The first-order valence-corrected chi connectivity index (χ1v) is 7.14. The van der Waals surface area contributed by atoms with Crippen LogP contribution in [0, 0.1) is 6.92 Å². The Morgan fingerprint density at radius 1 is 1.17 bits per heavy atom. The lowest BCUT2D eigenvalue weighted by atomic mass is 10.0. The van der Waals surface area contributed by atoms with Gasteiger partial charge in [0.1, 0.15) is 0 Å². The Morgan fingerprint density at radius 3 is 2.52 bits per heavy atom. The van der Waals surface area contributed by atoms with E-state index in [1.54, 1.807) is 19.1 Å². The molecule has 0 radical (unpaired) electrons. The Hall–Kier alpha value is -2.27. The van der Waals surface area contributed by atoms with E-state index < -0.39 is 11.7 Å². The van der Waals surface area contributed by atoms with Crippen molar-refractivity contribution in [3.8, 4) is 11.3 Å². The number of fused-ring (bicyclic) bond motifs is 1. The van der Waals surface area contributed by atoms with Crippen LogP contribution in [0.3, 0.4) is 0 Å². The number of H-pyrrole nitrogens is 1. The molecule has 118 valence electrons. The van der Waals surface area contributed by atoms with Crippen LogP contribution >= 0.6 is 11.6 Å². The minimum atomic E-state index is -4.51. The van der Waals surface area contributed by atoms with Gasteiger partial charge in [0, 0.05) is 27.1 Å². The van der Waals surface area contributed by atoms with Crippen molar-refractivity contribution in [1.82, 2.24) is 4.98 Å². The molecule has 0 aliphatic heterocycles. The summed E-state index contributed by atoms with van der Waals surface area (Å²) in [5.74, 6) is 0. The molecule has 0 saturated carbocycles. The fraction of sp³-hybridized carbons (Fsp3) is 0.118. The smallest absolute Gasteiger partial charge is 0.354 e. The number of hydrogen-bond donors (Lipinski definition) is 1. The van der Waals surface area contributed by atoms with Gasteiger partial charge in [-0.3, -0.25) is 4.79 Å². The van der Waals surface area contributed by atoms with E-state index in [1.165, 1.54) is 18.2 Å². The van der Waals surface area contributed by atoms with E-state index in [9.17, 15) is 18.0 Å². The van der Waals surface area contributed by atoms with Crippen molar-refractivity contribution >= 4 is 28.8 Å². The van der Waals surface area contributed by atoms with Crippen molar-refractivity contribution in [2.75, 3.05) is 0 Å².